The van der Waals surface area contributed by atoms with Crippen molar-refractivity contribution in [2.45, 2.75) is 45.7 Å². The van der Waals surface area contributed by atoms with E-state index in [1.54, 1.807) is 18.2 Å². The molecule has 0 unspecified atom stereocenters. The maximum Gasteiger partial charge on any atom is 0.165 e. The third-order valence-electron chi connectivity index (χ3n) is 5.57. The Morgan fingerprint density at radius 3 is 2.97 bits per heavy atom. The van der Waals surface area contributed by atoms with Crippen LogP contribution in [0.3, 0.4) is 0 Å². The molecule has 1 saturated heterocycles. The minimum Gasteiger partial charge on any atom is -0.490 e. The van der Waals surface area contributed by atoms with Gasteiger partial charge in [0.2, 0.25) is 0 Å². The van der Waals surface area contributed by atoms with Crippen molar-refractivity contribution in [3.63, 3.8) is 0 Å². The number of aryl methyl sites for hydroxylation is 2. The standard InChI is InChI=1S/C22H28FN5O/c1-3-28-15-18(16(2)26-28)14-27-10-8-17(13-27)21-12-19(24-25-21)9-11-29-22-7-5-4-6-20(22)23/h4-7,12,15,17H,3,8-11,13-14H2,1-2H3,(H,24,25)/t17-/m1/s1. The predicted octanol–water partition coefficient (Wildman–Crippen LogP) is 3.68. The van der Waals surface area contributed by atoms with Gasteiger partial charge in [0, 0.05) is 49.4 Å². The van der Waals surface area contributed by atoms with Crippen LogP contribution in [0.15, 0.2) is 36.5 Å². The van der Waals surface area contributed by atoms with Gasteiger partial charge in [-0.3, -0.25) is 14.7 Å². The number of para-hydroxylation sites is 1. The Labute approximate surface area is 170 Å². The number of aromatic amines is 1. The summed E-state index contributed by atoms with van der Waals surface area (Å²) >= 11 is 0. The van der Waals surface area contributed by atoms with Crippen molar-refractivity contribution in [1.82, 2.24) is 24.9 Å². The Bertz CT molecular complexity index is 950. The molecule has 7 heteroatoms. The molecular formula is C22H28FN5O. The van der Waals surface area contributed by atoms with Crippen molar-refractivity contribution in [3.8, 4) is 5.75 Å². The molecule has 0 radical (unpaired) electrons. The molecule has 3 aromatic rings. The van der Waals surface area contributed by atoms with E-state index in [1.165, 1.54) is 11.6 Å². The van der Waals surface area contributed by atoms with Crippen LogP contribution < -0.4 is 4.74 Å². The van der Waals surface area contributed by atoms with Gasteiger partial charge in [-0.1, -0.05) is 12.1 Å². The Morgan fingerprint density at radius 2 is 2.17 bits per heavy atom. The number of benzene rings is 1. The molecule has 0 bridgehead atoms. The van der Waals surface area contributed by atoms with Gasteiger partial charge >= 0.3 is 0 Å². The van der Waals surface area contributed by atoms with E-state index in [2.05, 4.69) is 46.3 Å². The summed E-state index contributed by atoms with van der Waals surface area (Å²) in [7, 11) is 0. The normalized spacial score (nSPS) is 17.1. The fourth-order valence-corrected chi connectivity index (χ4v) is 3.88. The summed E-state index contributed by atoms with van der Waals surface area (Å²) in [6.07, 6.45) is 3.94. The fourth-order valence-electron chi connectivity index (χ4n) is 3.88. The average Bonchev–Trinajstić information content (AvgIpc) is 3.44. The number of halogens is 1. The maximum absolute atomic E-state index is 13.6. The summed E-state index contributed by atoms with van der Waals surface area (Å²) in [6.45, 7) is 8.53. The first-order valence-electron chi connectivity index (χ1n) is 10.3. The summed E-state index contributed by atoms with van der Waals surface area (Å²) in [6, 6.07) is 8.61. The highest BCUT2D eigenvalue weighted by Crippen LogP contribution is 2.28. The van der Waals surface area contributed by atoms with Crippen molar-refractivity contribution < 1.29 is 9.13 Å². The number of rotatable bonds is 8. The van der Waals surface area contributed by atoms with E-state index >= 15 is 0 Å². The molecule has 1 N–H and O–H groups in total. The van der Waals surface area contributed by atoms with E-state index in [9.17, 15) is 4.39 Å². The van der Waals surface area contributed by atoms with Gasteiger partial charge in [-0.15, -0.1) is 0 Å². The fraction of sp³-hybridized carbons (Fsp3) is 0.455. The second-order valence-electron chi connectivity index (χ2n) is 7.66. The Morgan fingerprint density at radius 1 is 1.31 bits per heavy atom. The average molecular weight is 397 g/mol. The smallest absolute Gasteiger partial charge is 0.165 e. The SMILES string of the molecule is CCn1cc(CN2CC[C@@H](c3cc(CCOc4ccccc4F)[nH]n3)C2)c(C)n1. The lowest BCUT2D eigenvalue weighted by Gasteiger charge is -2.14. The van der Waals surface area contributed by atoms with Gasteiger partial charge in [-0.05, 0) is 45.0 Å². The lowest BCUT2D eigenvalue weighted by molar-refractivity contribution is 0.304. The van der Waals surface area contributed by atoms with Crippen LogP contribution in [0.4, 0.5) is 4.39 Å². The number of ether oxygens (including phenoxy) is 1. The third-order valence-corrected chi connectivity index (χ3v) is 5.57. The molecule has 2 aromatic heterocycles. The number of hydrogen-bond donors (Lipinski definition) is 1. The predicted molar refractivity (Wildman–Crippen MR) is 109 cm³/mol. The van der Waals surface area contributed by atoms with Gasteiger partial charge in [0.05, 0.1) is 18.0 Å². The highest BCUT2D eigenvalue weighted by Gasteiger charge is 2.26. The summed E-state index contributed by atoms with van der Waals surface area (Å²) in [4.78, 5) is 2.48. The monoisotopic (exact) mass is 397 g/mol. The molecule has 0 spiro atoms. The van der Waals surface area contributed by atoms with Gasteiger partial charge in [-0.2, -0.15) is 10.2 Å². The van der Waals surface area contributed by atoms with E-state index < -0.39 is 0 Å². The zero-order valence-corrected chi connectivity index (χ0v) is 17.1. The second-order valence-corrected chi connectivity index (χ2v) is 7.66. The van der Waals surface area contributed by atoms with Gasteiger partial charge in [0.15, 0.2) is 11.6 Å². The van der Waals surface area contributed by atoms with E-state index in [0.717, 1.165) is 49.7 Å². The lowest BCUT2D eigenvalue weighted by atomic mass is 10.0. The molecule has 1 aliphatic rings. The van der Waals surface area contributed by atoms with E-state index in [0.29, 0.717) is 24.7 Å². The molecule has 4 rings (SSSR count). The molecule has 154 valence electrons. The van der Waals surface area contributed by atoms with Gasteiger partial charge in [0.25, 0.3) is 0 Å². The van der Waals surface area contributed by atoms with Crippen LogP contribution in [0, 0.1) is 12.7 Å². The van der Waals surface area contributed by atoms with Gasteiger partial charge < -0.3 is 4.74 Å². The van der Waals surface area contributed by atoms with Gasteiger partial charge in [-0.25, -0.2) is 4.39 Å². The van der Waals surface area contributed by atoms with Crippen molar-refractivity contribution in [2.24, 2.45) is 0 Å². The Hall–Kier alpha value is -2.67. The molecule has 1 atom stereocenters. The van der Waals surface area contributed by atoms with Crippen LogP contribution in [0.25, 0.3) is 0 Å². The molecule has 1 aliphatic heterocycles. The lowest BCUT2D eigenvalue weighted by Crippen LogP contribution is -2.20. The van der Waals surface area contributed by atoms with Crippen molar-refractivity contribution >= 4 is 0 Å². The first kappa shape index (κ1) is 19.6. The zero-order chi connectivity index (χ0) is 20.2. The van der Waals surface area contributed by atoms with Crippen molar-refractivity contribution in [1.29, 1.82) is 0 Å². The van der Waals surface area contributed by atoms with Crippen LogP contribution in [-0.2, 0) is 19.5 Å². The highest BCUT2D eigenvalue weighted by molar-refractivity contribution is 5.24. The molecule has 1 aromatic carbocycles. The van der Waals surface area contributed by atoms with E-state index in [-0.39, 0.29) is 5.82 Å². The topological polar surface area (TPSA) is 59.0 Å². The maximum atomic E-state index is 13.6. The molecule has 1 fully saturated rings. The number of nitrogens with one attached hydrogen (secondary N) is 1. The number of H-pyrrole nitrogens is 1. The first-order valence-corrected chi connectivity index (χ1v) is 10.3. The Kier molecular flexibility index (Phi) is 5.94. The Balaban J connectivity index is 1.28. The number of aromatic nitrogens is 4. The van der Waals surface area contributed by atoms with Crippen molar-refractivity contribution in [3.05, 3.63) is 65.0 Å². The van der Waals surface area contributed by atoms with Crippen LogP contribution in [0.2, 0.25) is 0 Å². The molecule has 6 nitrogen and oxygen atoms in total. The third kappa shape index (κ3) is 4.67. The number of nitrogens with zero attached hydrogens (tertiary/aromatic N) is 4. The van der Waals surface area contributed by atoms with Crippen LogP contribution in [0.1, 0.15) is 41.9 Å². The highest BCUT2D eigenvalue weighted by atomic mass is 19.1. The van der Waals surface area contributed by atoms with E-state index in [1.807, 2.05) is 4.68 Å². The molecular weight excluding hydrogens is 369 g/mol. The van der Waals surface area contributed by atoms with Crippen LogP contribution in [-0.4, -0.2) is 44.6 Å². The molecule has 3 heterocycles. The molecule has 29 heavy (non-hydrogen) atoms. The summed E-state index contributed by atoms with van der Waals surface area (Å²) < 4.78 is 21.2. The quantitative estimate of drug-likeness (QED) is 0.630. The van der Waals surface area contributed by atoms with Gasteiger partial charge in [0.1, 0.15) is 0 Å². The number of likely N-dealkylation sites (tertiary alicyclic amines) is 1. The summed E-state index contributed by atoms with van der Waals surface area (Å²) in [5, 5.41) is 12.2. The van der Waals surface area contributed by atoms with E-state index in [4.69, 9.17) is 4.74 Å². The second kappa shape index (κ2) is 8.78. The molecule has 0 amide bonds. The van der Waals surface area contributed by atoms with Crippen molar-refractivity contribution in [2.75, 3.05) is 19.7 Å². The molecule has 0 saturated carbocycles. The number of hydrogen-bond acceptors (Lipinski definition) is 4. The minimum atomic E-state index is -0.330. The van der Waals surface area contributed by atoms with Crippen LogP contribution >= 0.6 is 0 Å². The summed E-state index contributed by atoms with van der Waals surface area (Å²) in [5.74, 6) is 0.401. The van der Waals surface area contributed by atoms with Crippen LogP contribution in [0.5, 0.6) is 5.75 Å². The largest absolute Gasteiger partial charge is 0.490 e. The molecule has 0 aliphatic carbocycles. The zero-order valence-electron chi connectivity index (χ0n) is 17.1. The summed E-state index contributed by atoms with van der Waals surface area (Å²) in [5.41, 5.74) is 4.55. The first-order chi connectivity index (χ1) is 14.1. The minimum absolute atomic E-state index is 0.292.